The van der Waals surface area contributed by atoms with Crippen molar-refractivity contribution in [1.29, 1.82) is 0 Å². The summed E-state index contributed by atoms with van der Waals surface area (Å²) >= 11 is 0. The average Bonchev–Trinajstić information content (AvgIpc) is 2.44. The molecule has 20 heavy (non-hydrogen) atoms. The van der Waals surface area contributed by atoms with Crippen LogP contribution in [0.4, 0.5) is 0 Å². The van der Waals surface area contributed by atoms with Gasteiger partial charge in [-0.2, -0.15) is 0 Å². The van der Waals surface area contributed by atoms with Crippen molar-refractivity contribution in [2.45, 2.75) is 40.0 Å². The van der Waals surface area contributed by atoms with Crippen molar-refractivity contribution >= 4 is 0 Å². The average molecular weight is 270 g/mol. The lowest BCUT2D eigenvalue weighted by molar-refractivity contribution is 0.301. The molecule has 1 aromatic heterocycles. The Labute approximate surface area is 121 Å². The van der Waals surface area contributed by atoms with Gasteiger partial charge < -0.3 is 10.1 Å². The Hall–Kier alpha value is -1.87. The fourth-order valence-electron chi connectivity index (χ4n) is 1.86. The Morgan fingerprint density at radius 2 is 1.85 bits per heavy atom. The number of benzene rings is 1. The van der Waals surface area contributed by atoms with E-state index in [4.69, 9.17) is 4.74 Å². The SMILES string of the molecule is Cc1cccc(COc2ccc(CNC(C)C)cc2)n1. The highest BCUT2D eigenvalue weighted by Gasteiger charge is 1.99. The summed E-state index contributed by atoms with van der Waals surface area (Å²) in [4.78, 5) is 4.42. The molecule has 106 valence electrons. The predicted octanol–water partition coefficient (Wildman–Crippen LogP) is 3.47. The summed E-state index contributed by atoms with van der Waals surface area (Å²) in [6.45, 7) is 7.67. The second-order valence-electron chi connectivity index (χ2n) is 5.24. The van der Waals surface area contributed by atoms with E-state index in [-0.39, 0.29) is 0 Å². The van der Waals surface area contributed by atoms with Crippen LogP contribution < -0.4 is 10.1 Å². The van der Waals surface area contributed by atoms with E-state index < -0.39 is 0 Å². The maximum Gasteiger partial charge on any atom is 0.130 e. The quantitative estimate of drug-likeness (QED) is 0.872. The molecule has 2 rings (SSSR count). The second-order valence-corrected chi connectivity index (χ2v) is 5.24. The number of hydrogen-bond donors (Lipinski definition) is 1. The first-order valence-electron chi connectivity index (χ1n) is 7.01. The molecule has 0 aliphatic carbocycles. The third-order valence-corrected chi connectivity index (χ3v) is 2.97. The van der Waals surface area contributed by atoms with Crippen molar-refractivity contribution in [3.8, 4) is 5.75 Å². The van der Waals surface area contributed by atoms with Gasteiger partial charge in [-0.1, -0.05) is 32.0 Å². The van der Waals surface area contributed by atoms with Crippen LogP contribution in [0.5, 0.6) is 5.75 Å². The Kier molecular flexibility index (Phi) is 5.13. The highest BCUT2D eigenvalue weighted by molar-refractivity contribution is 5.27. The molecule has 2 aromatic rings. The number of ether oxygens (including phenoxy) is 1. The van der Waals surface area contributed by atoms with Gasteiger partial charge in [0.2, 0.25) is 0 Å². The lowest BCUT2D eigenvalue weighted by atomic mass is 10.2. The molecule has 0 atom stereocenters. The van der Waals surface area contributed by atoms with Gasteiger partial charge in [-0.05, 0) is 36.8 Å². The molecule has 0 radical (unpaired) electrons. The molecular weight excluding hydrogens is 248 g/mol. The Bertz CT molecular complexity index is 535. The van der Waals surface area contributed by atoms with E-state index >= 15 is 0 Å². The van der Waals surface area contributed by atoms with Crippen molar-refractivity contribution in [3.05, 3.63) is 59.4 Å². The molecule has 0 saturated heterocycles. The van der Waals surface area contributed by atoms with Crippen LogP contribution in [0.25, 0.3) is 0 Å². The third-order valence-electron chi connectivity index (χ3n) is 2.97. The van der Waals surface area contributed by atoms with Crippen LogP contribution in [0.15, 0.2) is 42.5 Å². The maximum absolute atomic E-state index is 5.74. The lowest BCUT2D eigenvalue weighted by Crippen LogP contribution is -2.21. The van der Waals surface area contributed by atoms with Gasteiger partial charge in [0.25, 0.3) is 0 Å². The smallest absolute Gasteiger partial charge is 0.130 e. The minimum atomic E-state index is 0.498. The Morgan fingerprint density at radius 3 is 2.50 bits per heavy atom. The van der Waals surface area contributed by atoms with Gasteiger partial charge in [0.15, 0.2) is 0 Å². The molecule has 1 heterocycles. The summed E-state index contributed by atoms with van der Waals surface area (Å²) in [7, 11) is 0. The number of pyridine rings is 1. The van der Waals surface area contributed by atoms with E-state index in [1.165, 1.54) is 5.56 Å². The summed E-state index contributed by atoms with van der Waals surface area (Å²) in [5.41, 5.74) is 3.23. The molecule has 0 unspecified atom stereocenters. The lowest BCUT2D eigenvalue weighted by Gasteiger charge is -2.09. The highest BCUT2D eigenvalue weighted by Crippen LogP contribution is 2.14. The second kappa shape index (κ2) is 7.06. The van der Waals surface area contributed by atoms with Crippen LogP contribution in [0.2, 0.25) is 0 Å². The summed E-state index contributed by atoms with van der Waals surface area (Å²) in [5, 5.41) is 3.39. The molecule has 0 aliphatic heterocycles. The molecule has 1 N–H and O–H groups in total. The monoisotopic (exact) mass is 270 g/mol. The summed E-state index contributed by atoms with van der Waals surface area (Å²) < 4.78 is 5.74. The van der Waals surface area contributed by atoms with Crippen LogP contribution in [0, 0.1) is 6.92 Å². The zero-order chi connectivity index (χ0) is 14.4. The topological polar surface area (TPSA) is 34.1 Å². The van der Waals surface area contributed by atoms with Crippen molar-refractivity contribution in [2.75, 3.05) is 0 Å². The molecule has 0 amide bonds. The molecule has 1 aromatic carbocycles. The van der Waals surface area contributed by atoms with Crippen LogP contribution in [0.1, 0.15) is 30.8 Å². The minimum absolute atomic E-state index is 0.498. The van der Waals surface area contributed by atoms with Gasteiger partial charge >= 0.3 is 0 Å². The van der Waals surface area contributed by atoms with Gasteiger partial charge in [-0.3, -0.25) is 4.98 Å². The first-order chi connectivity index (χ1) is 9.63. The van der Waals surface area contributed by atoms with E-state index in [0.717, 1.165) is 23.7 Å². The van der Waals surface area contributed by atoms with E-state index in [1.807, 2.05) is 37.3 Å². The van der Waals surface area contributed by atoms with Gasteiger partial charge in [-0.15, -0.1) is 0 Å². The van der Waals surface area contributed by atoms with Crippen LogP contribution in [-0.2, 0) is 13.2 Å². The summed E-state index contributed by atoms with van der Waals surface area (Å²) in [6, 6.07) is 14.7. The van der Waals surface area contributed by atoms with E-state index in [0.29, 0.717) is 12.6 Å². The number of aromatic nitrogens is 1. The number of hydrogen-bond acceptors (Lipinski definition) is 3. The van der Waals surface area contributed by atoms with Gasteiger partial charge in [-0.25, -0.2) is 0 Å². The standard InChI is InChI=1S/C17H22N2O/c1-13(2)18-11-15-7-9-17(10-8-15)20-12-16-6-4-5-14(3)19-16/h4-10,13,18H,11-12H2,1-3H3. The zero-order valence-corrected chi connectivity index (χ0v) is 12.4. The normalized spacial score (nSPS) is 10.8. The largest absolute Gasteiger partial charge is 0.487 e. The fraction of sp³-hybridized carbons (Fsp3) is 0.353. The van der Waals surface area contributed by atoms with E-state index in [1.54, 1.807) is 0 Å². The van der Waals surface area contributed by atoms with Gasteiger partial charge in [0, 0.05) is 18.3 Å². The van der Waals surface area contributed by atoms with E-state index in [9.17, 15) is 0 Å². The Balaban J connectivity index is 1.87. The summed E-state index contributed by atoms with van der Waals surface area (Å²) in [6.07, 6.45) is 0. The van der Waals surface area contributed by atoms with Gasteiger partial charge in [0.1, 0.15) is 12.4 Å². The number of aryl methyl sites for hydroxylation is 1. The zero-order valence-electron chi connectivity index (χ0n) is 12.4. The van der Waals surface area contributed by atoms with Crippen molar-refractivity contribution in [2.24, 2.45) is 0 Å². The molecule has 0 spiro atoms. The number of nitrogens with one attached hydrogen (secondary N) is 1. The van der Waals surface area contributed by atoms with Crippen LogP contribution >= 0.6 is 0 Å². The third kappa shape index (κ3) is 4.67. The number of nitrogens with zero attached hydrogens (tertiary/aromatic N) is 1. The van der Waals surface area contributed by atoms with Crippen LogP contribution in [-0.4, -0.2) is 11.0 Å². The number of rotatable bonds is 6. The Morgan fingerprint density at radius 1 is 1.10 bits per heavy atom. The first-order valence-corrected chi connectivity index (χ1v) is 7.01. The fourth-order valence-corrected chi connectivity index (χ4v) is 1.86. The van der Waals surface area contributed by atoms with Crippen molar-refractivity contribution < 1.29 is 4.74 Å². The van der Waals surface area contributed by atoms with E-state index in [2.05, 4.69) is 36.3 Å². The summed E-state index contributed by atoms with van der Waals surface area (Å²) in [5.74, 6) is 0.876. The van der Waals surface area contributed by atoms with Gasteiger partial charge in [0.05, 0.1) is 5.69 Å². The molecule has 3 heteroatoms. The molecule has 0 aliphatic rings. The molecule has 0 bridgehead atoms. The molecular formula is C17H22N2O. The van der Waals surface area contributed by atoms with Crippen molar-refractivity contribution in [1.82, 2.24) is 10.3 Å². The molecule has 3 nitrogen and oxygen atoms in total. The molecule has 0 fully saturated rings. The van der Waals surface area contributed by atoms with Crippen molar-refractivity contribution in [3.63, 3.8) is 0 Å². The predicted molar refractivity (Wildman–Crippen MR) is 81.7 cm³/mol. The van der Waals surface area contributed by atoms with Crippen LogP contribution in [0.3, 0.4) is 0 Å². The molecule has 0 saturated carbocycles. The highest BCUT2D eigenvalue weighted by atomic mass is 16.5. The first kappa shape index (κ1) is 14.5. The maximum atomic E-state index is 5.74. The minimum Gasteiger partial charge on any atom is -0.487 e.